The van der Waals surface area contributed by atoms with Crippen molar-refractivity contribution >= 4 is 0 Å². The maximum absolute atomic E-state index is 5.93. The van der Waals surface area contributed by atoms with Crippen molar-refractivity contribution in [2.75, 3.05) is 6.61 Å². The van der Waals surface area contributed by atoms with Crippen LogP contribution in [0.2, 0.25) is 0 Å². The van der Waals surface area contributed by atoms with Crippen LogP contribution < -0.4 is 0 Å². The molecule has 1 heterocycles. The Labute approximate surface area is 117 Å². The van der Waals surface area contributed by atoms with Crippen molar-refractivity contribution in [3.63, 3.8) is 0 Å². The van der Waals surface area contributed by atoms with Crippen LogP contribution in [-0.4, -0.2) is 12.9 Å². The molecule has 0 aromatic heterocycles. The lowest BCUT2D eigenvalue weighted by Crippen LogP contribution is -2.50. The van der Waals surface area contributed by atoms with Gasteiger partial charge in [-0.1, -0.05) is 47.3 Å². The summed E-state index contributed by atoms with van der Waals surface area (Å²) in [5, 5.41) is 0. The van der Waals surface area contributed by atoms with Crippen LogP contribution in [0.1, 0.15) is 54.4 Å². The van der Waals surface area contributed by atoms with Gasteiger partial charge in [-0.05, 0) is 35.7 Å². The Hall–Kier alpha value is -0.720. The van der Waals surface area contributed by atoms with Crippen molar-refractivity contribution in [3.8, 4) is 0 Å². The fourth-order valence-corrected chi connectivity index (χ4v) is 3.30. The summed E-state index contributed by atoms with van der Waals surface area (Å²) >= 11 is 0. The summed E-state index contributed by atoms with van der Waals surface area (Å²) < 4.78 is 11.8. The van der Waals surface area contributed by atoms with Crippen molar-refractivity contribution in [2.24, 2.45) is 22.2 Å². The van der Waals surface area contributed by atoms with E-state index in [2.05, 4.69) is 47.3 Å². The molecule has 0 N–H and O–H groups in total. The summed E-state index contributed by atoms with van der Waals surface area (Å²) in [4.78, 5) is 0. The van der Waals surface area contributed by atoms with Crippen LogP contribution in [-0.2, 0) is 9.47 Å². The van der Waals surface area contributed by atoms with E-state index < -0.39 is 0 Å². The summed E-state index contributed by atoms with van der Waals surface area (Å²) in [5.74, 6) is 0.673. The Morgan fingerprint density at radius 2 is 1.95 bits per heavy atom. The maximum atomic E-state index is 5.93. The highest BCUT2D eigenvalue weighted by Gasteiger charge is 2.60. The third kappa shape index (κ3) is 2.61. The van der Waals surface area contributed by atoms with E-state index in [-0.39, 0.29) is 22.5 Å². The standard InChI is InChI=1S/C17H28O2/c1-15(2,3)9-7-11-18-14-17(6)10-8-13(12-19-14)16(17,4)5/h9,11,13-14H,8,10,12H2,1-6H3/t7?,13-,14?,17+/m1/s1. The molecular formula is C17H28O2. The minimum absolute atomic E-state index is 0.107. The molecule has 3 atom stereocenters. The highest BCUT2D eigenvalue weighted by Crippen LogP contribution is 2.61. The zero-order chi connectivity index (χ0) is 14.3. The molecule has 1 unspecified atom stereocenters. The first-order valence-electron chi connectivity index (χ1n) is 7.36. The van der Waals surface area contributed by atoms with Gasteiger partial charge in [-0.15, -0.1) is 0 Å². The number of ether oxygens (including phenoxy) is 2. The maximum Gasteiger partial charge on any atom is 0.205 e. The van der Waals surface area contributed by atoms with Gasteiger partial charge in [0.05, 0.1) is 6.61 Å². The Morgan fingerprint density at radius 1 is 1.26 bits per heavy atom. The largest absolute Gasteiger partial charge is 0.464 e. The first-order chi connectivity index (χ1) is 8.67. The smallest absolute Gasteiger partial charge is 0.205 e. The van der Waals surface area contributed by atoms with Gasteiger partial charge >= 0.3 is 0 Å². The number of allylic oxidation sites excluding steroid dienone is 1. The van der Waals surface area contributed by atoms with Crippen LogP contribution in [0, 0.1) is 22.2 Å². The monoisotopic (exact) mass is 264 g/mol. The van der Waals surface area contributed by atoms with Gasteiger partial charge in [0, 0.05) is 5.41 Å². The lowest BCUT2D eigenvalue weighted by molar-refractivity contribution is -0.243. The van der Waals surface area contributed by atoms with E-state index in [0.717, 1.165) is 6.61 Å². The van der Waals surface area contributed by atoms with Crippen LogP contribution in [0.25, 0.3) is 0 Å². The van der Waals surface area contributed by atoms with Crippen molar-refractivity contribution in [2.45, 2.75) is 60.7 Å². The van der Waals surface area contributed by atoms with Gasteiger partial charge in [0.1, 0.15) is 6.26 Å². The first kappa shape index (κ1) is 14.7. The number of fused-ring (bicyclic) bond motifs is 2. The minimum atomic E-state index is -0.137. The molecule has 1 saturated heterocycles. The van der Waals surface area contributed by atoms with Gasteiger partial charge in [-0.25, -0.2) is 0 Å². The molecule has 1 aliphatic carbocycles. The second-order valence-electron chi connectivity index (χ2n) is 7.97. The SMILES string of the molecule is CC(C)(C)C=C=COC1OC[C@H]2CC[C@]1(C)C2(C)C. The predicted octanol–water partition coefficient (Wildman–Crippen LogP) is 4.52. The average molecular weight is 264 g/mol. The van der Waals surface area contributed by atoms with Crippen LogP contribution >= 0.6 is 0 Å². The van der Waals surface area contributed by atoms with Crippen molar-refractivity contribution in [3.05, 3.63) is 18.1 Å². The van der Waals surface area contributed by atoms with E-state index in [1.165, 1.54) is 12.8 Å². The van der Waals surface area contributed by atoms with E-state index in [1.54, 1.807) is 6.26 Å². The Morgan fingerprint density at radius 3 is 2.58 bits per heavy atom. The van der Waals surface area contributed by atoms with E-state index in [0.29, 0.717) is 5.92 Å². The fourth-order valence-electron chi connectivity index (χ4n) is 3.30. The second kappa shape index (κ2) is 4.68. The van der Waals surface area contributed by atoms with Crippen LogP contribution in [0.15, 0.2) is 18.1 Å². The highest BCUT2D eigenvalue weighted by atomic mass is 16.7. The van der Waals surface area contributed by atoms with E-state index in [9.17, 15) is 0 Å². The molecule has 2 fully saturated rings. The van der Waals surface area contributed by atoms with Crippen LogP contribution in [0.3, 0.4) is 0 Å². The molecule has 0 aromatic carbocycles. The molecule has 2 heteroatoms. The summed E-state index contributed by atoms with van der Waals surface area (Å²) in [7, 11) is 0. The molecule has 0 radical (unpaired) electrons. The summed E-state index contributed by atoms with van der Waals surface area (Å²) in [5.41, 5.74) is 3.65. The molecule has 0 amide bonds. The van der Waals surface area contributed by atoms with E-state index in [4.69, 9.17) is 9.47 Å². The van der Waals surface area contributed by atoms with Crippen LogP contribution in [0.4, 0.5) is 0 Å². The van der Waals surface area contributed by atoms with Gasteiger partial charge in [0.25, 0.3) is 0 Å². The lowest BCUT2D eigenvalue weighted by Gasteiger charge is -2.49. The van der Waals surface area contributed by atoms with Gasteiger partial charge in [-0.3, -0.25) is 0 Å². The van der Waals surface area contributed by atoms with Gasteiger partial charge < -0.3 is 9.47 Å². The van der Waals surface area contributed by atoms with Crippen LogP contribution in [0.5, 0.6) is 0 Å². The predicted molar refractivity (Wildman–Crippen MR) is 77.5 cm³/mol. The van der Waals surface area contributed by atoms with Gasteiger partial charge in [0.15, 0.2) is 0 Å². The molecule has 2 rings (SSSR count). The lowest BCUT2D eigenvalue weighted by atomic mass is 9.64. The number of hydrogen-bond acceptors (Lipinski definition) is 2. The molecular weight excluding hydrogens is 236 g/mol. The quantitative estimate of drug-likeness (QED) is 0.539. The third-order valence-corrected chi connectivity index (χ3v) is 5.25. The molecule has 1 aliphatic heterocycles. The summed E-state index contributed by atoms with van der Waals surface area (Å²) in [6.07, 6.45) is 6.01. The molecule has 2 bridgehead atoms. The first-order valence-corrected chi connectivity index (χ1v) is 7.36. The molecule has 2 nitrogen and oxygen atoms in total. The zero-order valence-corrected chi connectivity index (χ0v) is 13.2. The highest BCUT2D eigenvalue weighted by molar-refractivity contribution is 5.05. The Bertz CT molecular complexity index is 396. The van der Waals surface area contributed by atoms with Gasteiger partial charge in [0.2, 0.25) is 6.29 Å². The number of hydrogen-bond donors (Lipinski definition) is 0. The van der Waals surface area contributed by atoms with Crippen molar-refractivity contribution < 1.29 is 9.47 Å². The van der Waals surface area contributed by atoms with E-state index in [1.807, 2.05) is 6.08 Å². The van der Waals surface area contributed by atoms with Gasteiger partial charge in [-0.2, -0.15) is 0 Å². The molecule has 19 heavy (non-hydrogen) atoms. The summed E-state index contributed by atoms with van der Waals surface area (Å²) in [6.45, 7) is 14.3. The molecule has 0 spiro atoms. The zero-order valence-electron chi connectivity index (χ0n) is 13.2. The van der Waals surface area contributed by atoms with Crippen molar-refractivity contribution in [1.82, 2.24) is 0 Å². The normalized spacial score (nSPS) is 36.5. The molecule has 0 aromatic rings. The average Bonchev–Trinajstić information content (AvgIpc) is 2.44. The third-order valence-electron chi connectivity index (χ3n) is 5.25. The Kier molecular flexibility index (Phi) is 3.62. The minimum Gasteiger partial charge on any atom is -0.464 e. The molecule has 2 aliphatic rings. The van der Waals surface area contributed by atoms with Crippen molar-refractivity contribution in [1.29, 1.82) is 0 Å². The molecule has 108 valence electrons. The Balaban J connectivity index is 2.08. The second-order valence-corrected chi connectivity index (χ2v) is 7.97. The fraction of sp³-hybridized carbons (Fsp3) is 0.824. The summed E-state index contributed by atoms with van der Waals surface area (Å²) in [6, 6.07) is 0. The molecule has 1 saturated carbocycles. The topological polar surface area (TPSA) is 18.5 Å². The van der Waals surface area contributed by atoms with E-state index >= 15 is 0 Å². The number of rotatable bonds is 2.